The van der Waals surface area contributed by atoms with Crippen LogP contribution in [0.4, 0.5) is 5.69 Å². The summed E-state index contributed by atoms with van der Waals surface area (Å²) >= 11 is 4.71. The zero-order valence-electron chi connectivity index (χ0n) is 18.0. The van der Waals surface area contributed by atoms with E-state index in [-0.39, 0.29) is 11.5 Å². The van der Waals surface area contributed by atoms with Crippen LogP contribution in [0.3, 0.4) is 0 Å². The third kappa shape index (κ3) is 3.38. The van der Waals surface area contributed by atoms with Gasteiger partial charge in [0, 0.05) is 15.6 Å². The molecule has 3 aromatic carbocycles. The Balaban J connectivity index is 1.52. The number of hydrogen-bond acceptors (Lipinski definition) is 5. The van der Waals surface area contributed by atoms with Gasteiger partial charge >= 0.3 is 0 Å². The number of benzene rings is 3. The number of fused-ring (bicyclic) bond motifs is 2. The van der Waals surface area contributed by atoms with E-state index in [1.807, 2.05) is 79.7 Å². The number of carbonyl (C=O) groups excluding carboxylic acids is 1. The van der Waals surface area contributed by atoms with E-state index < -0.39 is 0 Å². The van der Waals surface area contributed by atoms with Crippen LogP contribution in [0.2, 0.25) is 0 Å². The highest BCUT2D eigenvalue weighted by Gasteiger charge is 2.34. The molecule has 1 aliphatic rings. The molecule has 166 valence electrons. The van der Waals surface area contributed by atoms with Gasteiger partial charge in [-0.3, -0.25) is 9.59 Å². The minimum atomic E-state index is -0.332. The van der Waals surface area contributed by atoms with Gasteiger partial charge in [0.05, 0.1) is 17.8 Å². The highest BCUT2D eigenvalue weighted by molar-refractivity contribution is 9.10. The highest BCUT2D eigenvalue weighted by atomic mass is 79.9. The molecule has 34 heavy (non-hydrogen) atoms. The molecule has 0 saturated heterocycles. The van der Waals surface area contributed by atoms with Crippen LogP contribution in [0.1, 0.15) is 16.7 Å². The first kappa shape index (κ1) is 20.9. The van der Waals surface area contributed by atoms with E-state index in [1.165, 1.54) is 15.9 Å². The van der Waals surface area contributed by atoms with Crippen LogP contribution >= 0.6 is 27.3 Å². The molecule has 6 rings (SSSR count). The van der Waals surface area contributed by atoms with Crippen molar-refractivity contribution in [3.8, 4) is 11.4 Å². The monoisotopic (exact) mass is 528 g/mol. The third-order valence-electron chi connectivity index (χ3n) is 5.86. The van der Waals surface area contributed by atoms with Gasteiger partial charge in [-0.25, -0.2) is 0 Å². The molecule has 0 unspecified atom stereocenters. The summed E-state index contributed by atoms with van der Waals surface area (Å²) in [4.78, 5) is 33.8. The van der Waals surface area contributed by atoms with E-state index >= 15 is 0 Å². The Kier molecular flexibility index (Phi) is 4.93. The van der Waals surface area contributed by atoms with Gasteiger partial charge in [0.15, 0.2) is 5.82 Å². The van der Waals surface area contributed by atoms with Crippen LogP contribution in [0, 0.1) is 6.92 Å². The molecule has 3 heterocycles. The smallest absolute Gasteiger partial charge is 0.291 e. The van der Waals surface area contributed by atoms with Crippen molar-refractivity contribution in [2.45, 2.75) is 13.5 Å². The molecule has 8 heteroatoms. The van der Waals surface area contributed by atoms with Crippen molar-refractivity contribution in [3.05, 3.63) is 109 Å². The fraction of sp³-hybridized carbons (Fsp3) is 0.0769. The Labute approximate surface area is 206 Å². The van der Waals surface area contributed by atoms with Gasteiger partial charge in [-0.2, -0.15) is 9.50 Å². The summed E-state index contributed by atoms with van der Waals surface area (Å²) in [5, 5.41) is 4.45. The summed E-state index contributed by atoms with van der Waals surface area (Å²) in [5.41, 5.74) is 4.57. The Hall–Kier alpha value is -3.62. The van der Waals surface area contributed by atoms with Gasteiger partial charge in [0.25, 0.3) is 11.5 Å². The maximum Gasteiger partial charge on any atom is 0.291 e. The van der Waals surface area contributed by atoms with E-state index in [0.717, 1.165) is 32.4 Å². The van der Waals surface area contributed by atoms with Gasteiger partial charge in [-0.05, 0) is 30.7 Å². The lowest BCUT2D eigenvalue weighted by molar-refractivity contribution is -0.113. The van der Waals surface area contributed by atoms with Crippen molar-refractivity contribution in [2.24, 2.45) is 0 Å². The highest BCUT2D eigenvalue weighted by Crippen LogP contribution is 2.38. The van der Waals surface area contributed by atoms with Crippen LogP contribution < -0.4 is 15.0 Å². The van der Waals surface area contributed by atoms with Gasteiger partial charge in [0.2, 0.25) is 4.96 Å². The quantitative estimate of drug-likeness (QED) is 0.349. The lowest BCUT2D eigenvalue weighted by Gasteiger charge is -2.17. The van der Waals surface area contributed by atoms with Crippen molar-refractivity contribution < 1.29 is 4.79 Å². The number of nitrogens with zero attached hydrogens (tertiary/aromatic N) is 4. The molecular formula is C26H17BrN4O2S. The Bertz CT molecular complexity index is 1690. The molecule has 1 amide bonds. The van der Waals surface area contributed by atoms with E-state index in [1.54, 1.807) is 4.90 Å². The zero-order chi connectivity index (χ0) is 23.4. The number of thiazole rings is 1. The summed E-state index contributed by atoms with van der Waals surface area (Å²) in [7, 11) is 0. The van der Waals surface area contributed by atoms with Crippen LogP contribution in [0.5, 0.6) is 0 Å². The predicted molar refractivity (Wildman–Crippen MR) is 137 cm³/mol. The summed E-state index contributed by atoms with van der Waals surface area (Å²) < 4.78 is 2.49. The molecule has 0 radical (unpaired) electrons. The van der Waals surface area contributed by atoms with Crippen molar-refractivity contribution in [1.29, 1.82) is 0 Å². The number of anilines is 1. The number of aromatic nitrogens is 3. The van der Waals surface area contributed by atoms with Gasteiger partial charge in [-0.15, -0.1) is 5.10 Å². The average molecular weight is 529 g/mol. The largest absolute Gasteiger partial charge is 0.303 e. The van der Waals surface area contributed by atoms with Crippen LogP contribution in [0.15, 0.2) is 82.1 Å². The molecule has 1 aliphatic heterocycles. The minimum absolute atomic E-state index is 0.197. The first-order chi connectivity index (χ1) is 16.5. The molecule has 0 fully saturated rings. The van der Waals surface area contributed by atoms with Crippen LogP contribution in [-0.2, 0) is 11.3 Å². The molecule has 2 aromatic heterocycles. The van der Waals surface area contributed by atoms with E-state index in [0.29, 0.717) is 27.4 Å². The van der Waals surface area contributed by atoms with Crippen molar-refractivity contribution in [3.63, 3.8) is 0 Å². The topological polar surface area (TPSA) is 67.6 Å². The predicted octanol–water partition coefficient (Wildman–Crippen LogP) is 4.35. The van der Waals surface area contributed by atoms with Crippen LogP contribution in [-0.4, -0.2) is 20.5 Å². The molecule has 0 bridgehead atoms. The SMILES string of the molecule is Cc1ccc(-c2nc3s/c(=C4\C(=O)N(Cc5ccccc5)c5ccc(Br)cc54)c(=O)n3n2)cc1. The number of carbonyl (C=O) groups is 1. The molecule has 0 spiro atoms. The second kappa shape index (κ2) is 8.00. The lowest BCUT2D eigenvalue weighted by Crippen LogP contribution is -2.32. The Morgan fingerprint density at radius 1 is 0.971 bits per heavy atom. The molecule has 5 aromatic rings. The van der Waals surface area contributed by atoms with Gasteiger partial charge < -0.3 is 4.90 Å². The number of aryl methyl sites for hydroxylation is 1. The first-order valence-corrected chi connectivity index (χ1v) is 12.3. The van der Waals surface area contributed by atoms with Crippen molar-refractivity contribution >= 4 is 49.4 Å². The molecule has 0 aliphatic carbocycles. The molecule has 0 atom stereocenters. The maximum absolute atomic E-state index is 13.6. The first-order valence-electron chi connectivity index (χ1n) is 10.7. The summed E-state index contributed by atoms with van der Waals surface area (Å²) in [6.45, 7) is 2.43. The lowest BCUT2D eigenvalue weighted by atomic mass is 10.1. The normalized spacial score (nSPS) is 14.8. The fourth-order valence-electron chi connectivity index (χ4n) is 4.16. The van der Waals surface area contributed by atoms with Gasteiger partial charge in [-0.1, -0.05) is 87.4 Å². The molecule has 0 saturated carbocycles. The number of amides is 1. The summed E-state index contributed by atoms with van der Waals surface area (Å²) in [6, 6.07) is 23.4. The summed E-state index contributed by atoms with van der Waals surface area (Å²) in [5.74, 6) is 0.295. The Morgan fingerprint density at radius 3 is 2.47 bits per heavy atom. The van der Waals surface area contributed by atoms with Crippen molar-refractivity contribution in [1.82, 2.24) is 14.6 Å². The second-order valence-electron chi connectivity index (χ2n) is 8.15. The van der Waals surface area contributed by atoms with Crippen molar-refractivity contribution in [2.75, 3.05) is 4.90 Å². The molecular weight excluding hydrogens is 512 g/mol. The fourth-order valence-corrected chi connectivity index (χ4v) is 5.52. The standard InChI is InChI=1S/C26H17BrN4O2S/c1-15-7-9-17(10-8-15)23-28-26-31(29-23)25(33)22(34-26)21-19-13-18(27)11-12-20(19)30(24(21)32)14-16-5-3-2-4-6-16/h2-13H,14H2,1H3/b22-21-. The van der Waals surface area contributed by atoms with E-state index in [9.17, 15) is 9.59 Å². The molecule has 6 nitrogen and oxygen atoms in total. The number of halogens is 1. The average Bonchev–Trinajstić information content (AvgIpc) is 3.46. The van der Waals surface area contributed by atoms with E-state index in [2.05, 4.69) is 26.0 Å². The number of hydrogen-bond donors (Lipinski definition) is 0. The number of rotatable bonds is 3. The molecule has 0 N–H and O–H groups in total. The minimum Gasteiger partial charge on any atom is -0.303 e. The van der Waals surface area contributed by atoms with Gasteiger partial charge in [0.1, 0.15) is 4.53 Å². The van der Waals surface area contributed by atoms with E-state index in [4.69, 9.17) is 0 Å². The van der Waals surface area contributed by atoms with Crippen LogP contribution in [0.25, 0.3) is 21.9 Å². The zero-order valence-corrected chi connectivity index (χ0v) is 20.4. The third-order valence-corrected chi connectivity index (χ3v) is 7.38. The Morgan fingerprint density at radius 2 is 1.74 bits per heavy atom. The summed E-state index contributed by atoms with van der Waals surface area (Å²) in [6.07, 6.45) is 0. The second-order valence-corrected chi connectivity index (χ2v) is 10.0. The maximum atomic E-state index is 13.6.